The van der Waals surface area contributed by atoms with Crippen LogP contribution in [-0.4, -0.2) is 36.1 Å². The molecule has 1 aliphatic rings. The number of para-hydroxylation sites is 1. The quantitative estimate of drug-likeness (QED) is 0.464. The van der Waals surface area contributed by atoms with Crippen LogP contribution in [0.1, 0.15) is 31.6 Å². The molecule has 9 heteroatoms. The highest BCUT2D eigenvalue weighted by Crippen LogP contribution is 2.42. The van der Waals surface area contributed by atoms with Crippen LogP contribution >= 0.6 is 11.8 Å². The lowest BCUT2D eigenvalue weighted by Gasteiger charge is -2.12. The summed E-state index contributed by atoms with van der Waals surface area (Å²) in [5.41, 5.74) is 2.10. The van der Waals surface area contributed by atoms with Gasteiger partial charge in [0.25, 0.3) is 0 Å². The largest absolute Gasteiger partial charge is 0.360 e. The number of nitrogens with one attached hydrogen (secondary N) is 2. The van der Waals surface area contributed by atoms with Gasteiger partial charge in [0.2, 0.25) is 5.91 Å². The second-order valence-electron chi connectivity index (χ2n) is 7.23. The van der Waals surface area contributed by atoms with E-state index in [0.29, 0.717) is 17.6 Å². The van der Waals surface area contributed by atoms with E-state index < -0.39 is 0 Å². The van der Waals surface area contributed by atoms with Crippen LogP contribution in [0.25, 0.3) is 22.3 Å². The minimum absolute atomic E-state index is 0.151. The number of anilines is 1. The Morgan fingerprint density at radius 1 is 1.34 bits per heavy atom. The second-order valence-corrected chi connectivity index (χ2v) is 8.54. The minimum atomic E-state index is -0.357. The maximum Gasteiger partial charge on any atom is 0.238 e. The Balaban J connectivity index is 1.42. The number of aryl methyl sites for hydroxylation is 1. The lowest BCUT2D eigenvalue weighted by molar-refractivity contribution is -0.115. The monoisotopic (exact) mass is 408 g/mol. The molecule has 0 spiro atoms. The number of aromatic nitrogens is 5. The van der Waals surface area contributed by atoms with Crippen molar-refractivity contribution in [2.75, 3.05) is 5.32 Å². The number of carbonyl (C=O) groups excluding carboxylic acids is 1. The number of carbonyl (C=O) groups is 1. The van der Waals surface area contributed by atoms with E-state index in [9.17, 15) is 4.79 Å². The van der Waals surface area contributed by atoms with Gasteiger partial charge in [-0.25, -0.2) is 0 Å². The van der Waals surface area contributed by atoms with Crippen molar-refractivity contribution in [1.29, 1.82) is 0 Å². The van der Waals surface area contributed by atoms with Crippen LogP contribution < -0.4 is 5.32 Å². The fraction of sp³-hybridized carbons (Fsp3) is 0.300. The van der Waals surface area contributed by atoms with E-state index in [1.807, 2.05) is 31.3 Å². The van der Waals surface area contributed by atoms with Gasteiger partial charge in [-0.15, -0.1) is 10.2 Å². The number of hydrogen-bond donors (Lipinski definition) is 2. The van der Waals surface area contributed by atoms with Gasteiger partial charge in [0.1, 0.15) is 5.76 Å². The summed E-state index contributed by atoms with van der Waals surface area (Å²) in [4.78, 5) is 15.9. The molecule has 1 saturated carbocycles. The molecule has 1 atom stereocenters. The van der Waals surface area contributed by atoms with Crippen LogP contribution in [0, 0.1) is 6.92 Å². The smallest absolute Gasteiger partial charge is 0.238 e. The fourth-order valence-electron chi connectivity index (χ4n) is 3.32. The van der Waals surface area contributed by atoms with E-state index in [1.54, 1.807) is 13.0 Å². The highest BCUT2D eigenvalue weighted by atomic mass is 32.2. The Morgan fingerprint density at radius 3 is 2.93 bits per heavy atom. The van der Waals surface area contributed by atoms with Gasteiger partial charge in [-0.05, 0) is 32.8 Å². The average molecular weight is 408 g/mol. The molecule has 5 rings (SSSR count). The van der Waals surface area contributed by atoms with Crippen LogP contribution in [0.3, 0.4) is 0 Å². The third kappa shape index (κ3) is 3.42. The number of hydrogen-bond acceptors (Lipinski definition) is 6. The van der Waals surface area contributed by atoms with Crippen molar-refractivity contribution in [3.05, 3.63) is 42.3 Å². The third-order valence-corrected chi connectivity index (χ3v) is 5.99. The zero-order valence-electron chi connectivity index (χ0n) is 16.0. The molecular formula is C20H20N6O2S. The Morgan fingerprint density at radius 2 is 2.17 bits per heavy atom. The zero-order chi connectivity index (χ0) is 20.0. The van der Waals surface area contributed by atoms with E-state index in [1.165, 1.54) is 11.8 Å². The van der Waals surface area contributed by atoms with Gasteiger partial charge in [0.05, 0.1) is 5.25 Å². The number of thioether (sulfide) groups is 1. The van der Waals surface area contributed by atoms with Gasteiger partial charge in [-0.1, -0.05) is 35.1 Å². The molecule has 29 heavy (non-hydrogen) atoms. The number of rotatable bonds is 6. The molecule has 0 saturated heterocycles. The maximum atomic E-state index is 12.6. The topological polar surface area (TPSA) is 102 Å². The molecule has 8 nitrogen and oxygen atoms in total. The standard InChI is InChI=1S/C20H20N6O2S/c1-11-9-17(25-28-11)22-19(27)12(2)29-20-24-23-18(26(20)13-7-8-13)15-10-21-16-6-4-3-5-14(15)16/h3-6,9-10,12-13,21H,7-8H2,1-2H3,(H,22,25,27). The van der Waals surface area contributed by atoms with Gasteiger partial charge >= 0.3 is 0 Å². The highest BCUT2D eigenvalue weighted by molar-refractivity contribution is 8.00. The first kappa shape index (κ1) is 18.0. The molecule has 3 aromatic heterocycles. The molecule has 2 N–H and O–H groups in total. The number of amides is 1. The van der Waals surface area contributed by atoms with Gasteiger partial charge in [-0.3, -0.25) is 9.36 Å². The zero-order valence-corrected chi connectivity index (χ0v) is 16.9. The fourth-order valence-corrected chi connectivity index (χ4v) is 4.24. The summed E-state index contributed by atoms with van der Waals surface area (Å²) in [6, 6.07) is 10.2. The Kier molecular flexibility index (Phi) is 4.39. The van der Waals surface area contributed by atoms with E-state index >= 15 is 0 Å². The first-order valence-corrected chi connectivity index (χ1v) is 10.4. The Bertz CT molecular complexity index is 1190. The van der Waals surface area contributed by atoms with E-state index in [4.69, 9.17) is 4.52 Å². The first-order valence-electron chi connectivity index (χ1n) is 9.52. The van der Waals surface area contributed by atoms with Crippen molar-refractivity contribution in [1.82, 2.24) is 24.9 Å². The van der Waals surface area contributed by atoms with Crippen LogP contribution in [0.5, 0.6) is 0 Å². The number of aromatic amines is 1. The predicted molar refractivity (Wildman–Crippen MR) is 111 cm³/mol. The van der Waals surface area contributed by atoms with Gasteiger partial charge in [-0.2, -0.15) is 0 Å². The van der Waals surface area contributed by atoms with Gasteiger partial charge in [0.15, 0.2) is 16.8 Å². The van der Waals surface area contributed by atoms with Crippen molar-refractivity contribution in [3.63, 3.8) is 0 Å². The maximum absolute atomic E-state index is 12.6. The van der Waals surface area contributed by atoms with E-state index in [0.717, 1.165) is 40.3 Å². The third-order valence-electron chi connectivity index (χ3n) is 4.94. The molecule has 148 valence electrons. The van der Waals surface area contributed by atoms with Gasteiger partial charge in [0, 0.05) is 34.8 Å². The van der Waals surface area contributed by atoms with Crippen LogP contribution in [0.4, 0.5) is 5.82 Å². The van der Waals surface area contributed by atoms with E-state index in [2.05, 4.69) is 36.3 Å². The summed E-state index contributed by atoms with van der Waals surface area (Å²) in [5.74, 6) is 1.76. The summed E-state index contributed by atoms with van der Waals surface area (Å²) in [6.07, 6.45) is 4.17. The molecule has 1 fully saturated rings. The van der Waals surface area contributed by atoms with Crippen molar-refractivity contribution < 1.29 is 9.32 Å². The van der Waals surface area contributed by atoms with Gasteiger partial charge < -0.3 is 14.8 Å². The molecule has 1 unspecified atom stereocenters. The number of fused-ring (bicyclic) bond motifs is 1. The van der Waals surface area contributed by atoms with Crippen LogP contribution in [-0.2, 0) is 4.79 Å². The lowest BCUT2D eigenvalue weighted by Crippen LogP contribution is -2.23. The Labute approximate surface area is 171 Å². The molecule has 1 amide bonds. The van der Waals surface area contributed by atoms with Crippen molar-refractivity contribution in [2.45, 2.75) is 43.1 Å². The number of benzene rings is 1. The molecule has 0 aliphatic heterocycles. The summed E-state index contributed by atoms with van der Waals surface area (Å²) >= 11 is 1.40. The summed E-state index contributed by atoms with van der Waals surface area (Å²) in [7, 11) is 0. The van der Waals surface area contributed by atoms with Crippen molar-refractivity contribution in [2.24, 2.45) is 0 Å². The number of H-pyrrole nitrogens is 1. The van der Waals surface area contributed by atoms with Crippen molar-refractivity contribution >= 4 is 34.4 Å². The van der Waals surface area contributed by atoms with Crippen molar-refractivity contribution in [3.8, 4) is 11.4 Å². The Hall–Kier alpha value is -3.07. The lowest BCUT2D eigenvalue weighted by atomic mass is 10.1. The molecule has 3 heterocycles. The molecule has 1 aromatic carbocycles. The minimum Gasteiger partial charge on any atom is -0.360 e. The molecular weight excluding hydrogens is 388 g/mol. The average Bonchev–Trinajstić information content (AvgIpc) is 3.12. The van der Waals surface area contributed by atoms with Crippen LogP contribution in [0.15, 0.2) is 46.2 Å². The normalized spacial score (nSPS) is 15.0. The summed E-state index contributed by atoms with van der Waals surface area (Å²) in [5, 5.41) is 17.0. The summed E-state index contributed by atoms with van der Waals surface area (Å²) < 4.78 is 7.17. The first-order chi connectivity index (χ1) is 14.1. The van der Waals surface area contributed by atoms with E-state index in [-0.39, 0.29) is 11.2 Å². The summed E-state index contributed by atoms with van der Waals surface area (Å²) in [6.45, 7) is 3.63. The predicted octanol–water partition coefficient (Wildman–Crippen LogP) is 4.18. The number of nitrogens with zero attached hydrogens (tertiary/aromatic N) is 4. The molecule has 1 aliphatic carbocycles. The highest BCUT2D eigenvalue weighted by Gasteiger charge is 2.32. The SMILES string of the molecule is Cc1cc(NC(=O)C(C)Sc2nnc(-c3c[nH]c4ccccc34)n2C2CC2)no1. The second kappa shape index (κ2) is 7.07. The van der Waals surface area contributed by atoms with Crippen LogP contribution in [0.2, 0.25) is 0 Å². The molecule has 4 aromatic rings. The molecule has 0 bridgehead atoms. The molecule has 0 radical (unpaired) electrons.